The van der Waals surface area contributed by atoms with Gasteiger partial charge in [0.25, 0.3) is 0 Å². The van der Waals surface area contributed by atoms with Crippen molar-refractivity contribution in [1.29, 1.82) is 0 Å². The predicted octanol–water partition coefficient (Wildman–Crippen LogP) is 12.2. The molecule has 3 heterocycles. The monoisotopic (exact) mass is 695 g/mol. The van der Waals surface area contributed by atoms with Crippen molar-refractivity contribution in [2.24, 2.45) is 0 Å². The minimum Gasteiger partial charge on any atom is -0.243 e. The fourth-order valence-corrected chi connectivity index (χ4v) is 7.84. The summed E-state index contributed by atoms with van der Waals surface area (Å²) in [5.41, 5.74) is 12.6. The van der Waals surface area contributed by atoms with Crippen LogP contribution in [0.1, 0.15) is 0 Å². The molecule has 3 aromatic heterocycles. The molecule has 0 radical (unpaired) electrons. The first-order valence-electron chi connectivity index (χ1n) is 17.5. The zero-order valence-corrected chi connectivity index (χ0v) is 29.2. The van der Waals surface area contributed by atoms with E-state index in [-0.39, 0.29) is 0 Å². The van der Waals surface area contributed by atoms with Gasteiger partial charge >= 0.3 is 0 Å². The Balaban J connectivity index is 0.940. The Hall–Kier alpha value is -6.89. The zero-order valence-electron chi connectivity index (χ0n) is 28.4. The molecule has 10 rings (SSSR count). The molecule has 6 heteroatoms. The van der Waals surface area contributed by atoms with E-state index in [2.05, 4.69) is 115 Å². The Labute approximate surface area is 310 Å². The Kier molecular flexibility index (Phi) is 7.59. The van der Waals surface area contributed by atoms with Crippen LogP contribution in [0.4, 0.5) is 0 Å². The van der Waals surface area contributed by atoms with Gasteiger partial charge in [0, 0.05) is 26.8 Å². The van der Waals surface area contributed by atoms with Crippen molar-refractivity contribution in [1.82, 2.24) is 24.9 Å². The van der Waals surface area contributed by atoms with Crippen molar-refractivity contribution in [3.8, 4) is 67.5 Å². The van der Waals surface area contributed by atoms with Gasteiger partial charge < -0.3 is 0 Å². The lowest BCUT2D eigenvalue weighted by molar-refractivity contribution is 1.07. The first-order chi connectivity index (χ1) is 26.2. The third kappa shape index (κ3) is 5.91. The maximum Gasteiger partial charge on any atom is 0.164 e. The summed E-state index contributed by atoms with van der Waals surface area (Å²) in [6.45, 7) is 0. The number of para-hydroxylation sites is 2. The molecule has 0 unspecified atom stereocenters. The van der Waals surface area contributed by atoms with E-state index in [4.69, 9.17) is 24.9 Å². The minimum atomic E-state index is 0.637. The van der Waals surface area contributed by atoms with Gasteiger partial charge in [-0.25, -0.2) is 24.9 Å². The molecule has 0 spiro atoms. The second-order valence-electron chi connectivity index (χ2n) is 12.9. The van der Waals surface area contributed by atoms with Gasteiger partial charge in [0.05, 0.1) is 11.0 Å². The minimum absolute atomic E-state index is 0.637. The zero-order chi connectivity index (χ0) is 35.1. The fourth-order valence-electron chi connectivity index (χ4n) is 6.78. The molecule has 248 valence electrons. The molecule has 0 aliphatic rings. The Bertz CT molecular complexity index is 2900. The smallest absolute Gasteiger partial charge is 0.164 e. The van der Waals surface area contributed by atoms with Gasteiger partial charge in [-0.3, -0.25) is 0 Å². The second-order valence-corrected chi connectivity index (χ2v) is 14.0. The summed E-state index contributed by atoms with van der Waals surface area (Å²) in [5, 5.41) is 1.14. The third-order valence-corrected chi connectivity index (χ3v) is 10.6. The van der Waals surface area contributed by atoms with Gasteiger partial charge in [-0.2, -0.15) is 0 Å². The topological polar surface area (TPSA) is 64.5 Å². The van der Waals surface area contributed by atoms with E-state index in [0.29, 0.717) is 17.5 Å². The number of nitrogens with zero attached hydrogens (tertiary/aromatic N) is 5. The van der Waals surface area contributed by atoms with Crippen molar-refractivity contribution in [2.75, 3.05) is 0 Å². The molecule has 0 aliphatic heterocycles. The van der Waals surface area contributed by atoms with Crippen LogP contribution in [0.3, 0.4) is 0 Å². The summed E-state index contributed by atoms with van der Waals surface area (Å²) in [6.07, 6.45) is 0. The lowest BCUT2D eigenvalue weighted by atomic mass is 9.99. The fraction of sp³-hybridized carbons (Fsp3) is 0. The van der Waals surface area contributed by atoms with Crippen LogP contribution in [0.25, 0.3) is 99.0 Å². The van der Waals surface area contributed by atoms with E-state index < -0.39 is 0 Å². The SMILES string of the molecule is c1ccc(-c2ccc(-c3nc(-c4ccccc4)nc(-c4ccc(-c5ccc(-c6ccc7c(c6)sc6nc8ccccc8nc67)cc5)cc4)n3)cc2)cc1. The van der Waals surface area contributed by atoms with Gasteiger partial charge in [0.1, 0.15) is 10.3 Å². The van der Waals surface area contributed by atoms with Gasteiger partial charge in [-0.15, -0.1) is 11.3 Å². The Morgan fingerprint density at radius 1 is 0.302 bits per heavy atom. The number of aromatic nitrogens is 5. The molecule has 0 atom stereocenters. The first kappa shape index (κ1) is 30.9. The highest BCUT2D eigenvalue weighted by Crippen LogP contribution is 2.36. The number of hydrogen-bond donors (Lipinski definition) is 0. The molecule has 0 saturated carbocycles. The largest absolute Gasteiger partial charge is 0.243 e. The van der Waals surface area contributed by atoms with Crippen LogP contribution in [0.15, 0.2) is 176 Å². The Morgan fingerprint density at radius 2 is 0.679 bits per heavy atom. The molecule has 0 N–H and O–H groups in total. The average Bonchev–Trinajstić information content (AvgIpc) is 3.60. The van der Waals surface area contributed by atoms with Crippen LogP contribution in [0.5, 0.6) is 0 Å². The van der Waals surface area contributed by atoms with Crippen molar-refractivity contribution < 1.29 is 0 Å². The Morgan fingerprint density at radius 3 is 1.21 bits per heavy atom. The number of hydrogen-bond acceptors (Lipinski definition) is 6. The van der Waals surface area contributed by atoms with E-state index in [1.165, 1.54) is 21.4 Å². The molecule has 0 amide bonds. The van der Waals surface area contributed by atoms with Crippen LogP contribution < -0.4 is 0 Å². The number of thiophene rings is 1. The average molecular weight is 696 g/mol. The molecule has 5 nitrogen and oxygen atoms in total. The van der Waals surface area contributed by atoms with Crippen molar-refractivity contribution in [3.05, 3.63) is 176 Å². The molecule has 0 bridgehead atoms. The molecule has 7 aromatic carbocycles. The summed E-state index contributed by atoms with van der Waals surface area (Å²) in [7, 11) is 0. The molecule has 0 fully saturated rings. The quantitative estimate of drug-likeness (QED) is 0.173. The van der Waals surface area contributed by atoms with E-state index in [0.717, 1.165) is 60.1 Å². The highest BCUT2D eigenvalue weighted by atomic mass is 32.1. The molecule has 0 aliphatic carbocycles. The van der Waals surface area contributed by atoms with Crippen LogP contribution >= 0.6 is 11.3 Å². The van der Waals surface area contributed by atoms with E-state index in [9.17, 15) is 0 Å². The van der Waals surface area contributed by atoms with Crippen molar-refractivity contribution in [3.63, 3.8) is 0 Å². The summed E-state index contributed by atoms with van der Waals surface area (Å²) < 4.78 is 1.19. The van der Waals surface area contributed by atoms with Crippen molar-refractivity contribution in [2.45, 2.75) is 0 Å². The van der Waals surface area contributed by atoms with Crippen LogP contribution in [-0.2, 0) is 0 Å². The summed E-state index contributed by atoms with van der Waals surface area (Å²) in [6, 6.07) is 60.7. The first-order valence-corrected chi connectivity index (χ1v) is 18.3. The number of fused-ring (bicyclic) bond motifs is 4. The highest BCUT2D eigenvalue weighted by molar-refractivity contribution is 7.25. The highest BCUT2D eigenvalue weighted by Gasteiger charge is 2.14. The summed E-state index contributed by atoms with van der Waals surface area (Å²) in [4.78, 5) is 25.6. The maximum atomic E-state index is 4.97. The van der Waals surface area contributed by atoms with E-state index >= 15 is 0 Å². The van der Waals surface area contributed by atoms with E-state index in [1.54, 1.807) is 11.3 Å². The summed E-state index contributed by atoms with van der Waals surface area (Å²) in [5.74, 6) is 1.92. The molecular weight excluding hydrogens is 667 g/mol. The van der Waals surface area contributed by atoms with Gasteiger partial charge in [0.15, 0.2) is 17.5 Å². The molecule has 53 heavy (non-hydrogen) atoms. The van der Waals surface area contributed by atoms with Crippen molar-refractivity contribution >= 4 is 42.8 Å². The number of rotatable bonds is 6. The number of benzene rings is 7. The van der Waals surface area contributed by atoms with E-state index in [1.807, 2.05) is 60.7 Å². The van der Waals surface area contributed by atoms with Gasteiger partial charge in [-0.1, -0.05) is 158 Å². The third-order valence-electron chi connectivity index (χ3n) is 9.59. The predicted molar refractivity (Wildman–Crippen MR) is 218 cm³/mol. The lowest BCUT2D eigenvalue weighted by Crippen LogP contribution is -2.00. The molecule has 0 saturated heterocycles. The normalized spacial score (nSPS) is 11.4. The van der Waals surface area contributed by atoms with Gasteiger partial charge in [-0.05, 0) is 51.6 Å². The lowest BCUT2D eigenvalue weighted by Gasteiger charge is -2.10. The standard InChI is InChI=1S/C47H29N5S/c1-3-9-30(10-4-1)31-19-23-36(24-20-31)45-50-44(35-11-5-2-6-12-35)51-46(52-45)37-25-21-33(22-26-37)32-15-17-34(18-16-32)38-27-28-39-42(29-38)53-47-43(39)48-40-13-7-8-14-41(40)49-47/h1-29H. The van der Waals surface area contributed by atoms with Gasteiger partial charge in [0.2, 0.25) is 0 Å². The van der Waals surface area contributed by atoms with Crippen LogP contribution in [0.2, 0.25) is 0 Å². The molecular formula is C47H29N5S. The molecule has 10 aromatic rings. The maximum absolute atomic E-state index is 4.97. The second kappa shape index (κ2) is 13.0. The van der Waals surface area contributed by atoms with Crippen LogP contribution in [-0.4, -0.2) is 24.9 Å². The van der Waals surface area contributed by atoms with Crippen LogP contribution in [0, 0.1) is 0 Å². The summed E-state index contributed by atoms with van der Waals surface area (Å²) >= 11 is 1.70.